The van der Waals surface area contributed by atoms with Gasteiger partial charge in [-0.3, -0.25) is 9.69 Å². The lowest BCUT2D eigenvalue weighted by atomic mass is 10.2. The van der Waals surface area contributed by atoms with Gasteiger partial charge in [0.25, 0.3) is 0 Å². The summed E-state index contributed by atoms with van der Waals surface area (Å²) in [4.78, 5) is 13.7. The number of rotatable bonds is 5. The topological polar surface area (TPSA) is 69.7 Å². The second-order valence-corrected chi connectivity index (χ2v) is 8.82. The van der Waals surface area contributed by atoms with Crippen LogP contribution in [0.3, 0.4) is 0 Å². The number of halogens is 2. The SMILES string of the molecule is CC(C(=O)NC1CC1)N1CCN(S(=O)(=O)c2ccc(Cl)cc2F)CC1. The fourth-order valence-corrected chi connectivity index (χ4v) is 4.50. The Kier molecular flexibility index (Phi) is 5.34. The van der Waals surface area contributed by atoms with E-state index in [9.17, 15) is 17.6 Å². The van der Waals surface area contributed by atoms with Crippen molar-refractivity contribution >= 4 is 27.5 Å². The molecule has 1 atom stereocenters. The van der Waals surface area contributed by atoms with Gasteiger partial charge in [-0.15, -0.1) is 0 Å². The van der Waals surface area contributed by atoms with Gasteiger partial charge in [-0.05, 0) is 38.0 Å². The molecule has 2 fully saturated rings. The van der Waals surface area contributed by atoms with Gasteiger partial charge < -0.3 is 5.32 Å². The van der Waals surface area contributed by atoms with Gasteiger partial charge in [0.2, 0.25) is 15.9 Å². The third-order valence-corrected chi connectivity index (χ3v) is 6.80. The van der Waals surface area contributed by atoms with E-state index in [1.165, 1.54) is 16.4 Å². The van der Waals surface area contributed by atoms with E-state index in [0.29, 0.717) is 19.1 Å². The number of nitrogens with zero attached hydrogens (tertiary/aromatic N) is 2. The average molecular weight is 390 g/mol. The minimum atomic E-state index is -3.92. The molecule has 1 aliphatic carbocycles. The maximum Gasteiger partial charge on any atom is 0.246 e. The van der Waals surface area contributed by atoms with Gasteiger partial charge in [-0.2, -0.15) is 4.31 Å². The summed E-state index contributed by atoms with van der Waals surface area (Å²) in [5.74, 6) is -0.880. The van der Waals surface area contributed by atoms with Crippen molar-refractivity contribution in [3.8, 4) is 0 Å². The molecule has 6 nitrogen and oxygen atoms in total. The van der Waals surface area contributed by atoms with E-state index < -0.39 is 15.8 Å². The number of sulfonamides is 1. The van der Waals surface area contributed by atoms with Gasteiger partial charge in [0.05, 0.1) is 6.04 Å². The molecule has 1 aromatic carbocycles. The normalized spacial score (nSPS) is 21.1. The molecule has 1 N–H and O–H groups in total. The van der Waals surface area contributed by atoms with Crippen molar-refractivity contribution in [1.82, 2.24) is 14.5 Å². The van der Waals surface area contributed by atoms with Crippen molar-refractivity contribution in [3.05, 3.63) is 29.0 Å². The highest BCUT2D eigenvalue weighted by molar-refractivity contribution is 7.89. The first kappa shape index (κ1) is 18.6. The van der Waals surface area contributed by atoms with Gasteiger partial charge in [-0.1, -0.05) is 11.6 Å². The summed E-state index contributed by atoms with van der Waals surface area (Å²) in [5.41, 5.74) is 0. The van der Waals surface area contributed by atoms with Gasteiger partial charge in [0.1, 0.15) is 10.7 Å². The van der Waals surface area contributed by atoms with Crippen molar-refractivity contribution in [2.24, 2.45) is 0 Å². The van der Waals surface area contributed by atoms with Crippen LogP contribution in [0.2, 0.25) is 5.02 Å². The fourth-order valence-electron chi connectivity index (χ4n) is 2.87. The van der Waals surface area contributed by atoms with Crippen LogP contribution >= 0.6 is 11.6 Å². The number of hydrogen-bond acceptors (Lipinski definition) is 4. The molecule has 1 unspecified atom stereocenters. The predicted octanol–water partition coefficient (Wildman–Crippen LogP) is 1.45. The summed E-state index contributed by atoms with van der Waals surface area (Å²) in [6.07, 6.45) is 2.05. The van der Waals surface area contributed by atoms with Gasteiger partial charge in [0.15, 0.2) is 0 Å². The van der Waals surface area contributed by atoms with Crippen LogP contribution in [0, 0.1) is 5.82 Å². The zero-order valence-corrected chi connectivity index (χ0v) is 15.5. The summed E-state index contributed by atoms with van der Waals surface area (Å²) >= 11 is 5.68. The molecule has 1 saturated carbocycles. The summed E-state index contributed by atoms with van der Waals surface area (Å²) in [7, 11) is -3.92. The zero-order chi connectivity index (χ0) is 18.2. The molecule has 0 bridgehead atoms. The lowest BCUT2D eigenvalue weighted by molar-refractivity contribution is -0.126. The Bertz CT molecular complexity index is 762. The largest absolute Gasteiger partial charge is 0.352 e. The second-order valence-electron chi connectivity index (χ2n) is 6.47. The summed E-state index contributed by atoms with van der Waals surface area (Å²) < 4.78 is 40.5. The first-order chi connectivity index (χ1) is 11.8. The average Bonchev–Trinajstić information content (AvgIpc) is 3.38. The van der Waals surface area contributed by atoms with Crippen molar-refractivity contribution in [2.45, 2.75) is 36.7 Å². The van der Waals surface area contributed by atoms with Crippen LogP contribution in [0.15, 0.2) is 23.1 Å². The van der Waals surface area contributed by atoms with Crippen LogP contribution in [0.4, 0.5) is 4.39 Å². The third kappa shape index (κ3) is 4.13. The molecular weight excluding hydrogens is 369 g/mol. The van der Waals surface area contributed by atoms with Gasteiger partial charge >= 0.3 is 0 Å². The maximum absolute atomic E-state index is 14.0. The Morgan fingerprint density at radius 3 is 2.48 bits per heavy atom. The van der Waals surface area contributed by atoms with Gasteiger partial charge in [0, 0.05) is 37.2 Å². The van der Waals surface area contributed by atoms with E-state index in [4.69, 9.17) is 11.6 Å². The Balaban J connectivity index is 1.63. The molecule has 1 saturated heterocycles. The second kappa shape index (κ2) is 7.19. The molecule has 1 aliphatic heterocycles. The van der Waals surface area contributed by atoms with Crippen molar-refractivity contribution in [2.75, 3.05) is 26.2 Å². The molecule has 0 aromatic heterocycles. The minimum Gasteiger partial charge on any atom is -0.352 e. The molecule has 1 amide bonds. The van der Waals surface area contributed by atoms with Crippen LogP contribution in [-0.4, -0.2) is 61.8 Å². The van der Waals surface area contributed by atoms with Crippen LogP contribution in [0.5, 0.6) is 0 Å². The lowest BCUT2D eigenvalue weighted by Gasteiger charge is -2.36. The molecule has 3 rings (SSSR count). The quantitative estimate of drug-likeness (QED) is 0.827. The summed E-state index contributed by atoms with van der Waals surface area (Å²) in [5, 5.41) is 3.11. The van der Waals surface area contributed by atoms with Crippen molar-refractivity contribution < 1.29 is 17.6 Å². The number of benzene rings is 1. The monoisotopic (exact) mass is 389 g/mol. The van der Waals surface area contributed by atoms with E-state index in [1.807, 2.05) is 11.8 Å². The molecule has 0 spiro atoms. The van der Waals surface area contributed by atoms with E-state index in [2.05, 4.69) is 5.32 Å². The highest BCUT2D eigenvalue weighted by atomic mass is 35.5. The molecule has 138 valence electrons. The van der Waals surface area contributed by atoms with Crippen LogP contribution in [0.25, 0.3) is 0 Å². The predicted molar refractivity (Wildman–Crippen MR) is 92.4 cm³/mol. The Morgan fingerprint density at radius 2 is 1.92 bits per heavy atom. The maximum atomic E-state index is 14.0. The number of piperazine rings is 1. The Labute approximate surface area is 152 Å². The highest BCUT2D eigenvalue weighted by Gasteiger charge is 2.34. The van der Waals surface area contributed by atoms with Crippen molar-refractivity contribution in [3.63, 3.8) is 0 Å². The summed E-state index contributed by atoms with van der Waals surface area (Å²) in [6.45, 7) is 3.10. The smallest absolute Gasteiger partial charge is 0.246 e. The Hall–Kier alpha value is -1.22. The molecule has 1 aromatic rings. The standard InChI is InChI=1S/C16H21ClFN3O3S/c1-11(16(22)19-13-3-4-13)20-6-8-21(9-7-20)25(23,24)15-5-2-12(17)10-14(15)18/h2,5,10-11,13H,3-4,6-9H2,1H3,(H,19,22). The lowest BCUT2D eigenvalue weighted by Crippen LogP contribution is -2.55. The number of carbonyl (C=O) groups excluding carboxylic acids is 1. The molecular formula is C16H21ClFN3O3S. The molecule has 0 radical (unpaired) electrons. The fraction of sp³-hybridized carbons (Fsp3) is 0.562. The molecule has 2 aliphatic rings. The first-order valence-corrected chi connectivity index (χ1v) is 10.1. The van der Waals surface area contributed by atoms with E-state index >= 15 is 0 Å². The third-order valence-electron chi connectivity index (χ3n) is 4.64. The van der Waals surface area contributed by atoms with Crippen molar-refractivity contribution in [1.29, 1.82) is 0 Å². The molecule has 1 heterocycles. The van der Waals surface area contributed by atoms with Gasteiger partial charge in [-0.25, -0.2) is 12.8 Å². The van der Waals surface area contributed by atoms with Crippen LogP contribution in [0.1, 0.15) is 19.8 Å². The number of hydrogen-bond donors (Lipinski definition) is 1. The molecule has 25 heavy (non-hydrogen) atoms. The van der Waals surface area contributed by atoms with Crippen LogP contribution < -0.4 is 5.32 Å². The van der Waals surface area contributed by atoms with E-state index in [1.54, 1.807) is 0 Å². The first-order valence-electron chi connectivity index (χ1n) is 8.28. The van der Waals surface area contributed by atoms with Crippen LogP contribution in [-0.2, 0) is 14.8 Å². The summed E-state index contributed by atoms with van der Waals surface area (Å²) in [6, 6.07) is 3.53. The number of carbonyl (C=O) groups is 1. The van der Waals surface area contributed by atoms with E-state index in [-0.39, 0.29) is 35.0 Å². The number of amides is 1. The Morgan fingerprint density at radius 1 is 1.28 bits per heavy atom. The van der Waals surface area contributed by atoms with E-state index in [0.717, 1.165) is 18.9 Å². The minimum absolute atomic E-state index is 0.0254. The molecule has 9 heteroatoms. The zero-order valence-electron chi connectivity index (χ0n) is 13.9. The highest BCUT2D eigenvalue weighted by Crippen LogP contribution is 2.24. The number of nitrogens with one attached hydrogen (secondary N) is 1.